The number of aryl methyl sites for hydroxylation is 2. The second-order valence-corrected chi connectivity index (χ2v) is 13.0. The first-order chi connectivity index (χ1) is 11.5. The van der Waals surface area contributed by atoms with Gasteiger partial charge in [-0.05, 0) is 19.8 Å². The molecule has 0 aliphatic heterocycles. The molecule has 0 heterocycles. The van der Waals surface area contributed by atoms with Gasteiger partial charge in [0.2, 0.25) is 0 Å². The molecule has 154 valence electrons. The van der Waals surface area contributed by atoms with E-state index < -0.39 is 8.07 Å². The molecule has 5 atom stereocenters. The fourth-order valence-corrected chi connectivity index (χ4v) is 11.0. The number of hydrogen-bond donors (Lipinski definition) is 0. The van der Waals surface area contributed by atoms with E-state index in [1.807, 2.05) is 0 Å². The average molecular weight is 492 g/mol. The molecular formula is C23H33Cl3SiTi. The number of hydrogen-bond acceptors (Lipinski definition) is 0. The molecule has 1 aromatic carbocycles. The summed E-state index contributed by atoms with van der Waals surface area (Å²) in [6.45, 7) is 12.0. The molecule has 0 radical (unpaired) electrons. The molecule has 0 saturated heterocycles. The third-order valence-corrected chi connectivity index (χ3v) is 11.8. The zero-order chi connectivity index (χ0) is 17.3. The molecular weight excluding hydrogens is 459 g/mol. The van der Waals surface area contributed by atoms with E-state index in [4.69, 9.17) is 0 Å². The van der Waals surface area contributed by atoms with E-state index in [1.54, 1.807) is 5.19 Å². The second kappa shape index (κ2) is 13.0. The van der Waals surface area contributed by atoms with E-state index in [2.05, 4.69) is 83.2 Å². The van der Waals surface area contributed by atoms with E-state index in [0.29, 0.717) is 5.92 Å². The summed E-state index contributed by atoms with van der Waals surface area (Å²) < 4.78 is 0. The van der Waals surface area contributed by atoms with Gasteiger partial charge in [0, 0.05) is 0 Å². The Morgan fingerprint density at radius 2 is 1.54 bits per heavy atom. The molecule has 0 bridgehead atoms. The number of benzene rings is 1. The SMILES string of the molecule is CCCC[Si](C)(c1cc(C)cc(C)c1)C1C(C)[CH-]C2C=CC=CC21.[Cl-].[Cl-].[Cl-].[Ti+4]. The molecule has 0 spiro atoms. The van der Waals surface area contributed by atoms with Crippen molar-refractivity contribution in [2.24, 2.45) is 17.8 Å². The van der Waals surface area contributed by atoms with Gasteiger partial charge in [0.15, 0.2) is 0 Å². The van der Waals surface area contributed by atoms with Crippen molar-refractivity contribution in [3.05, 3.63) is 60.1 Å². The standard InChI is InChI=1S/C23H33Si.3ClH.Ti/c1-6-7-12-24(5,21-14-17(2)13-18(3)15-21)23-19(4)16-20-10-8-9-11-22(20)23;;;;/h8-11,13-16,19-20,22-23H,6-7,12H2,1-5H3;3*1H;/q-1;;;;+4/p-3. The summed E-state index contributed by atoms with van der Waals surface area (Å²) in [5.74, 6) is 2.11. The number of unbranched alkanes of at least 4 members (excludes halogenated alkanes) is 1. The van der Waals surface area contributed by atoms with Crippen LogP contribution in [0.1, 0.15) is 37.8 Å². The van der Waals surface area contributed by atoms with Crippen molar-refractivity contribution in [3.8, 4) is 0 Å². The summed E-state index contributed by atoms with van der Waals surface area (Å²) in [6.07, 6.45) is 14.8. The smallest absolute Gasteiger partial charge is 1.00 e. The van der Waals surface area contributed by atoms with Gasteiger partial charge in [-0.1, -0.05) is 97.6 Å². The summed E-state index contributed by atoms with van der Waals surface area (Å²) in [4.78, 5) is 0. The minimum Gasteiger partial charge on any atom is -1.00 e. The second-order valence-electron chi connectivity index (χ2n) is 8.40. The van der Waals surface area contributed by atoms with Crippen LogP contribution in [0, 0.1) is 38.0 Å². The molecule has 0 aromatic heterocycles. The molecule has 1 aromatic rings. The Balaban J connectivity index is 0. The predicted octanol–water partition coefficient (Wildman–Crippen LogP) is -3.02. The van der Waals surface area contributed by atoms with Crippen LogP contribution in [0.5, 0.6) is 0 Å². The summed E-state index contributed by atoms with van der Waals surface area (Å²) in [7, 11) is -1.56. The van der Waals surface area contributed by atoms with Crippen LogP contribution in [0.15, 0.2) is 42.5 Å². The molecule has 1 saturated carbocycles. The Labute approximate surface area is 207 Å². The Morgan fingerprint density at radius 1 is 0.964 bits per heavy atom. The van der Waals surface area contributed by atoms with Crippen LogP contribution in [0.2, 0.25) is 18.1 Å². The Morgan fingerprint density at radius 3 is 2.11 bits per heavy atom. The Kier molecular flexibility index (Phi) is 14.3. The first-order valence-electron chi connectivity index (χ1n) is 9.74. The average Bonchev–Trinajstić information content (AvgIpc) is 2.88. The van der Waals surface area contributed by atoms with Gasteiger partial charge in [-0.3, -0.25) is 0 Å². The van der Waals surface area contributed by atoms with Gasteiger partial charge in [0.25, 0.3) is 0 Å². The van der Waals surface area contributed by atoms with Crippen LogP contribution in [0.4, 0.5) is 0 Å². The topological polar surface area (TPSA) is 0 Å². The quantitative estimate of drug-likeness (QED) is 0.304. The molecule has 0 nitrogen and oxygen atoms in total. The van der Waals surface area contributed by atoms with Gasteiger partial charge in [0.1, 0.15) is 0 Å². The minimum absolute atomic E-state index is 0. The van der Waals surface area contributed by atoms with E-state index in [1.165, 1.54) is 30.0 Å². The van der Waals surface area contributed by atoms with Crippen LogP contribution in [-0.2, 0) is 21.7 Å². The van der Waals surface area contributed by atoms with Crippen molar-refractivity contribution in [1.82, 2.24) is 0 Å². The van der Waals surface area contributed by atoms with Gasteiger partial charge in [-0.25, -0.2) is 0 Å². The zero-order valence-electron chi connectivity index (χ0n) is 17.7. The maximum Gasteiger partial charge on any atom is 4.00 e. The maximum atomic E-state index is 2.68. The minimum atomic E-state index is -1.56. The molecule has 28 heavy (non-hydrogen) atoms. The zero-order valence-corrected chi connectivity index (χ0v) is 22.5. The molecule has 5 unspecified atom stereocenters. The number of rotatable bonds is 5. The molecule has 5 heteroatoms. The normalized spacial score (nSPS) is 26.6. The molecule has 0 amide bonds. The van der Waals surface area contributed by atoms with Crippen LogP contribution in [0.3, 0.4) is 0 Å². The van der Waals surface area contributed by atoms with E-state index >= 15 is 0 Å². The number of fused-ring (bicyclic) bond motifs is 1. The van der Waals surface area contributed by atoms with Gasteiger partial charge in [-0.2, -0.15) is 5.92 Å². The molecule has 0 N–H and O–H groups in total. The maximum absolute atomic E-state index is 2.68. The molecule has 1 fully saturated rings. The molecule has 2 aliphatic carbocycles. The van der Waals surface area contributed by atoms with Crippen molar-refractivity contribution in [2.45, 2.75) is 58.7 Å². The van der Waals surface area contributed by atoms with Gasteiger partial charge in [-0.15, -0.1) is 12.0 Å². The van der Waals surface area contributed by atoms with Crippen molar-refractivity contribution in [3.63, 3.8) is 0 Å². The summed E-state index contributed by atoms with van der Waals surface area (Å²) in [6, 6.07) is 8.78. The van der Waals surface area contributed by atoms with Crippen LogP contribution in [0.25, 0.3) is 0 Å². The summed E-state index contributed by atoms with van der Waals surface area (Å²) >= 11 is 0. The summed E-state index contributed by atoms with van der Waals surface area (Å²) in [5.41, 5.74) is 3.70. The third kappa shape index (κ3) is 6.25. The number of halogens is 3. The van der Waals surface area contributed by atoms with Crippen molar-refractivity contribution >= 4 is 13.3 Å². The third-order valence-electron chi connectivity index (χ3n) is 6.40. The first kappa shape index (κ1) is 30.7. The van der Waals surface area contributed by atoms with Crippen molar-refractivity contribution < 1.29 is 58.9 Å². The fourth-order valence-electron chi connectivity index (χ4n) is 5.37. The molecule has 2 aliphatic rings. The predicted molar refractivity (Wildman–Crippen MR) is 109 cm³/mol. The van der Waals surface area contributed by atoms with Crippen molar-refractivity contribution in [2.75, 3.05) is 0 Å². The van der Waals surface area contributed by atoms with Crippen molar-refractivity contribution in [1.29, 1.82) is 0 Å². The summed E-state index contributed by atoms with van der Waals surface area (Å²) in [5, 5.41) is 1.70. The van der Waals surface area contributed by atoms with E-state index in [9.17, 15) is 0 Å². The first-order valence-corrected chi connectivity index (χ1v) is 12.5. The van der Waals surface area contributed by atoms with Crippen LogP contribution < -0.4 is 42.4 Å². The Bertz CT molecular complexity index is 641. The fraction of sp³-hybridized carbons (Fsp3) is 0.522. The van der Waals surface area contributed by atoms with Gasteiger partial charge >= 0.3 is 21.7 Å². The van der Waals surface area contributed by atoms with E-state index in [0.717, 1.165) is 17.4 Å². The van der Waals surface area contributed by atoms with Gasteiger partial charge < -0.3 is 43.6 Å². The monoisotopic (exact) mass is 490 g/mol. The number of allylic oxidation sites excluding steroid dienone is 4. The van der Waals surface area contributed by atoms with E-state index in [-0.39, 0.29) is 58.9 Å². The largest absolute Gasteiger partial charge is 4.00 e. The van der Waals surface area contributed by atoms with Crippen LogP contribution in [-0.4, -0.2) is 8.07 Å². The van der Waals surface area contributed by atoms with Crippen LogP contribution >= 0.6 is 0 Å². The Hall–Kier alpha value is 0.501. The van der Waals surface area contributed by atoms with Gasteiger partial charge in [0.05, 0.1) is 8.07 Å². The molecule has 3 rings (SSSR count).